The SMILES string of the molecule is COc1ccc(-c2nc(C(=O)Nc3ccc(C)cc3Cl)cs2)cc1. The predicted octanol–water partition coefficient (Wildman–Crippen LogP) is 5.03. The maximum absolute atomic E-state index is 12.4. The van der Waals surface area contributed by atoms with Crippen molar-refractivity contribution in [2.24, 2.45) is 0 Å². The van der Waals surface area contributed by atoms with E-state index in [9.17, 15) is 4.79 Å². The molecule has 2 aromatic carbocycles. The summed E-state index contributed by atoms with van der Waals surface area (Å²) in [5.74, 6) is 0.499. The zero-order valence-electron chi connectivity index (χ0n) is 13.2. The maximum Gasteiger partial charge on any atom is 0.275 e. The highest BCUT2D eigenvalue weighted by Crippen LogP contribution is 2.27. The third-order valence-electron chi connectivity index (χ3n) is 3.45. The van der Waals surface area contributed by atoms with Crippen LogP contribution in [0.15, 0.2) is 47.8 Å². The Labute approximate surface area is 149 Å². The highest BCUT2D eigenvalue weighted by atomic mass is 35.5. The number of methoxy groups -OCH3 is 1. The van der Waals surface area contributed by atoms with Crippen molar-refractivity contribution in [3.05, 3.63) is 64.1 Å². The van der Waals surface area contributed by atoms with Gasteiger partial charge in [0.15, 0.2) is 0 Å². The maximum atomic E-state index is 12.4. The Kier molecular flexibility index (Phi) is 4.83. The molecule has 0 aliphatic carbocycles. The predicted molar refractivity (Wildman–Crippen MR) is 98.2 cm³/mol. The van der Waals surface area contributed by atoms with Crippen LogP contribution in [0.1, 0.15) is 16.1 Å². The summed E-state index contributed by atoms with van der Waals surface area (Å²) >= 11 is 7.56. The summed E-state index contributed by atoms with van der Waals surface area (Å²) in [4.78, 5) is 16.8. The van der Waals surface area contributed by atoms with Crippen LogP contribution in [0.25, 0.3) is 10.6 Å². The molecule has 24 heavy (non-hydrogen) atoms. The standard InChI is InChI=1S/C18H15ClN2O2S/c1-11-3-8-15(14(19)9-11)20-17(22)16-10-24-18(21-16)12-4-6-13(23-2)7-5-12/h3-10H,1-2H3,(H,20,22). The molecule has 0 aliphatic rings. The molecular formula is C18H15ClN2O2S. The molecule has 0 radical (unpaired) electrons. The monoisotopic (exact) mass is 358 g/mol. The van der Waals surface area contributed by atoms with Crippen molar-refractivity contribution < 1.29 is 9.53 Å². The number of rotatable bonds is 4. The number of benzene rings is 2. The van der Waals surface area contributed by atoms with E-state index in [4.69, 9.17) is 16.3 Å². The summed E-state index contributed by atoms with van der Waals surface area (Å²) in [6.45, 7) is 1.94. The molecular weight excluding hydrogens is 344 g/mol. The molecule has 0 saturated heterocycles. The first-order valence-corrected chi connectivity index (χ1v) is 8.50. The minimum absolute atomic E-state index is 0.281. The molecule has 0 spiro atoms. The zero-order chi connectivity index (χ0) is 17.1. The number of amides is 1. The van der Waals surface area contributed by atoms with Gasteiger partial charge in [-0.25, -0.2) is 4.98 Å². The smallest absolute Gasteiger partial charge is 0.275 e. The quantitative estimate of drug-likeness (QED) is 0.711. The first-order chi connectivity index (χ1) is 11.6. The van der Waals surface area contributed by atoms with Crippen molar-refractivity contribution in [3.8, 4) is 16.3 Å². The van der Waals surface area contributed by atoms with Gasteiger partial charge in [-0.1, -0.05) is 17.7 Å². The first-order valence-electron chi connectivity index (χ1n) is 7.24. The van der Waals surface area contributed by atoms with Gasteiger partial charge in [0.25, 0.3) is 5.91 Å². The number of nitrogens with zero attached hydrogens (tertiary/aromatic N) is 1. The van der Waals surface area contributed by atoms with Gasteiger partial charge in [-0.05, 0) is 48.9 Å². The fourth-order valence-corrected chi connectivity index (χ4v) is 3.24. The average molecular weight is 359 g/mol. The molecule has 122 valence electrons. The Morgan fingerprint density at radius 1 is 1.21 bits per heavy atom. The Bertz CT molecular complexity index is 875. The third-order valence-corrected chi connectivity index (χ3v) is 4.65. The van der Waals surface area contributed by atoms with Gasteiger partial charge in [-0.15, -0.1) is 11.3 Å². The molecule has 1 aromatic heterocycles. The van der Waals surface area contributed by atoms with E-state index in [1.165, 1.54) is 11.3 Å². The lowest BCUT2D eigenvalue weighted by molar-refractivity contribution is 0.102. The Morgan fingerprint density at radius 2 is 1.96 bits per heavy atom. The number of carbonyl (C=O) groups excluding carboxylic acids is 1. The molecule has 0 saturated carbocycles. The third kappa shape index (κ3) is 3.58. The van der Waals surface area contributed by atoms with E-state index in [2.05, 4.69) is 10.3 Å². The van der Waals surface area contributed by atoms with E-state index in [0.29, 0.717) is 16.4 Å². The van der Waals surface area contributed by atoms with E-state index >= 15 is 0 Å². The Morgan fingerprint density at radius 3 is 2.62 bits per heavy atom. The van der Waals surface area contributed by atoms with Crippen LogP contribution in [0.3, 0.4) is 0 Å². The molecule has 1 heterocycles. The van der Waals surface area contributed by atoms with Crippen LogP contribution >= 0.6 is 22.9 Å². The summed E-state index contributed by atoms with van der Waals surface area (Å²) in [6.07, 6.45) is 0. The number of hydrogen-bond acceptors (Lipinski definition) is 4. The molecule has 1 N–H and O–H groups in total. The number of ether oxygens (including phenoxy) is 1. The molecule has 0 bridgehead atoms. The van der Waals surface area contributed by atoms with E-state index in [1.54, 1.807) is 24.6 Å². The normalized spacial score (nSPS) is 10.5. The van der Waals surface area contributed by atoms with E-state index in [1.807, 2.05) is 37.3 Å². The van der Waals surface area contributed by atoms with Gasteiger partial charge in [0, 0.05) is 10.9 Å². The molecule has 0 fully saturated rings. The van der Waals surface area contributed by atoms with E-state index in [-0.39, 0.29) is 5.91 Å². The molecule has 0 atom stereocenters. The van der Waals surface area contributed by atoms with Crippen LogP contribution in [0.2, 0.25) is 5.02 Å². The number of aromatic nitrogens is 1. The number of aryl methyl sites for hydroxylation is 1. The summed E-state index contributed by atoms with van der Waals surface area (Å²) in [6, 6.07) is 13.0. The van der Waals surface area contributed by atoms with E-state index in [0.717, 1.165) is 21.9 Å². The van der Waals surface area contributed by atoms with Gasteiger partial charge in [0.2, 0.25) is 0 Å². The van der Waals surface area contributed by atoms with Crippen LogP contribution < -0.4 is 10.1 Å². The Hall–Kier alpha value is -2.37. The molecule has 0 aliphatic heterocycles. The minimum Gasteiger partial charge on any atom is -0.497 e. The Balaban J connectivity index is 1.77. The highest BCUT2D eigenvalue weighted by molar-refractivity contribution is 7.13. The summed E-state index contributed by atoms with van der Waals surface area (Å²) in [5.41, 5.74) is 2.91. The van der Waals surface area contributed by atoms with Crippen LogP contribution in [-0.4, -0.2) is 18.0 Å². The van der Waals surface area contributed by atoms with Crippen LogP contribution in [0, 0.1) is 6.92 Å². The van der Waals surface area contributed by atoms with Crippen molar-refractivity contribution in [2.45, 2.75) is 6.92 Å². The zero-order valence-corrected chi connectivity index (χ0v) is 14.7. The number of thiazole rings is 1. The lowest BCUT2D eigenvalue weighted by Crippen LogP contribution is -2.12. The number of anilines is 1. The topological polar surface area (TPSA) is 51.2 Å². The lowest BCUT2D eigenvalue weighted by Gasteiger charge is -2.06. The molecule has 1 amide bonds. The van der Waals surface area contributed by atoms with Gasteiger partial charge >= 0.3 is 0 Å². The van der Waals surface area contributed by atoms with Crippen molar-refractivity contribution in [1.82, 2.24) is 4.98 Å². The van der Waals surface area contributed by atoms with Crippen molar-refractivity contribution in [1.29, 1.82) is 0 Å². The van der Waals surface area contributed by atoms with Crippen LogP contribution in [0.4, 0.5) is 5.69 Å². The molecule has 3 aromatic rings. The lowest BCUT2D eigenvalue weighted by atomic mass is 10.2. The van der Waals surface area contributed by atoms with Crippen LogP contribution in [-0.2, 0) is 0 Å². The largest absolute Gasteiger partial charge is 0.497 e. The second-order valence-electron chi connectivity index (χ2n) is 5.20. The van der Waals surface area contributed by atoms with Crippen molar-refractivity contribution in [2.75, 3.05) is 12.4 Å². The van der Waals surface area contributed by atoms with Gasteiger partial charge in [-0.2, -0.15) is 0 Å². The van der Waals surface area contributed by atoms with Gasteiger partial charge < -0.3 is 10.1 Å². The van der Waals surface area contributed by atoms with Gasteiger partial charge in [0.05, 0.1) is 17.8 Å². The molecule has 3 rings (SSSR count). The van der Waals surface area contributed by atoms with Crippen LogP contribution in [0.5, 0.6) is 5.75 Å². The summed E-state index contributed by atoms with van der Waals surface area (Å²) in [5, 5.41) is 5.81. The van der Waals surface area contributed by atoms with E-state index < -0.39 is 0 Å². The molecule has 6 heteroatoms. The molecule has 4 nitrogen and oxygen atoms in total. The second kappa shape index (κ2) is 7.03. The minimum atomic E-state index is -0.281. The van der Waals surface area contributed by atoms with Crippen molar-refractivity contribution >= 4 is 34.5 Å². The highest BCUT2D eigenvalue weighted by Gasteiger charge is 2.13. The fourth-order valence-electron chi connectivity index (χ4n) is 2.15. The average Bonchev–Trinajstić information content (AvgIpc) is 3.07. The number of nitrogens with one attached hydrogen (secondary N) is 1. The summed E-state index contributed by atoms with van der Waals surface area (Å²) < 4.78 is 5.14. The first kappa shape index (κ1) is 16.5. The summed E-state index contributed by atoms with van der Waals surface area (Å²) in [7, 11) is 1.62. The fraction of sp³-hybridized carbons (Fsp3) is 0.111. The number of halogens is 1. The molecule has 0 unspecified atom stereocenters. The van der Waals surface area contributed by atoms with Gasteiger partial charge in [-0.3, -0.25) is 4.79 Å². The van der Waals surface area contributed by atoms with Crippen molar-refractivity contribution in [3.63, 3.8) is 0 Å². The number of hydrogen-bond donors (Lipinski definition) is 1. The number of carbonyl (C=O) groups is 1. The van der Waals surface area contributed by atoms with Gasteiger partial charge in [0.1, 0.15) is 16.5 Å². The second-order valence-corrected chi connectivity index (χ2v) is 6.47.